The van der Waals surface area contributed by atoms with Crippen molar-refractivity contribution in [3.63, 3.8) is 0 Å². The molecule has 0 saturated carbocycles. The number of rotatable bonds is 65. The first-order chi connectivity index (χ1) is 41.7. The molecule has 1 aliphatic heterocycles. The van der Waals surface area contributed by atoms with Crippen LogP contribution in [0, 0.1) is 0 Å². The summed E-state index contributed by atoms with van der Waals surface area (Å²) in [4.78, 5) is 26.7. The quantitative estimate of drug-likeness (QED) is 0.0195. The van der Waals surface area contributed by atoms with Gasteiger partial charge in [0, 0.05) is 6.42 Å². The van der Waals surface area contributed by atoms with Crippen molar-refractivity contribution >= 4 is 11.9 Å². The number of nitrogens with one attached hydrogen (secondary N) is 1. The number of amides is 1. The van der Waals surface area contributed by atoms with Crippen LogP contribution in [-0.2, 0) is 23.8 Å². The van der Waals surface area contributed by atoms with Crippen LogP contribution in [0.1, 0.15) is 374 Å². The Morgan fingerprint density at radius 3 is 1.14 bits per heavy atom. The Morgan fingerprint density at radius 2 is 0.776 bits per heavy atom. The zero-order valence-corrected chi connectivity index (χ0v) is 56.0. The van der Waals surface area contributed by atoms with Gasteiger partial charge in [0.25, 0.3) is 0 Å². The van der Waals surface area contributed by atoms with Gasteiger partial charge >= 0.3 is 5.97 Å². The van der Waals surface area contributed by atoms with Crippen molar-refractivity contribution in [3.8, 4) is 0 Å². The molecule has 0 aromatic heterocycles. The lowest BCUT2D eigenvalue weighted by Crippen LogP contribution is -2.61. The number of carbonyl (C=O) groups excluding carboxylic acids is 2. The SMILES string of the molecule is CCCCCCCC/C=C/CCCCCCCCCCCCCC(=O)OC1C(OCC(NC(=O)C(O)CCCCCCCCCCCCCCCCCCCCCCCC)C(O)/C=C/CCCCCCCCCCCCC)OC(CO)C(O)C1O. The van der Waals surface area contributed by atoms with Crippen LogP contribution in [0.5, 0.6) is 0 Å². The summed E-state index contributed by atoms with van der Waals surface area (Å²) in [5, 5.41) is 57.3. The van der Waals surface area contributed by atoms with Gasteiger partial charge in [-0.05, 0) is 51.4 Å². The minimum atomic E-state index is -1.61. The van der Waals surface area contributed by atoms with E-state index in [-0.39, 0.29) is 13.0 Å². The topological polar surface area (TPSA) is 175 Å². The van der Waals surface area contributed by atoms with Crippen molar-refractivity contribution in [1.29, 1.82) is 0 Å². The summed E-state index contributed by atoms with van der Waals surface area (Å²) >= 11 is 0. The molecule has 1 amide bonds. The van der Waals surface area contributed by atoms with Crippen LogP contribution in [0.3, 0.4) is 0 Å². The molecule has 8 unspecified atom stereocenters. The summed E-state index contributed by atoms with van der Waals surface area (Å²) in [6, 6.07) is -1.02. The van der Waals surface area contributed by atoms with Crippen molar-refractivity contribution in [2.75, 3.05) is 13.2 Å². The van der Waals surface area contributed by atoms with Crippen molar-refractivity contribution in [1.82, 2.24) is 5.32 Å². The van der Waals surface area contributed by atoms with Crippen LogP contribution in [0.15, 0.2) is 24.3 Å². The Balaban J connectivity index is 2.56. The first kappa shape index (κ1) is 81.2. The van der Waals surface area contributed by atoms with Gasteiger partial charge in [0.15, 0.2) is 12.4 Å². The lowest BCUT2D eigenvalue weighted by Gasteiger charge is -2.41. The van der Waals surface area contributed by atoms with Crippen molar-refractivity contribution in [3.05, 3.63) is 24.3 Å². The molecule has 8 atom stereocenters. The molecule has 6 N–H and O–H groups in total. The monoisotopic (exact) mass is 1200 g/mol. The van der Waals surface area contributed by atoms with Crippen molar-refractivity contribution in [2.24, 2.45) is 0 Å². The Morgan fingerprint density at radius 1 is 0.447 bits per heavy atom. The minimum absolute atomic E-state index is 0.127. The lowest BCUT2D eigenvalue weighted by atomic mass is 9.99. The molecular formula is C74H141NO10. The third kappa shape index (κ3) is 49.6. The smallest absolute Gasteiger partial charge is 0.306 e. The molecule has 0 aromatic rings. The average molecular weight is 1200 g/mol. The summed E-state index contributed by atoms with van der Waals surface area (Å²) in [6.07, 6.45) is 65.1. The minimum Gasteiger partial charge on any atom is -0.454 e. The van der Waals surface area contributed by atoms with Gasteiger partial charge < -0.3 is 45.1 Å². The Kier molecular flexibility index (Phi) is 59.5. The van der Waals surface area contributed by atoms with Crippen LogP contribution in [-0.4, -0.2) is 99.6 Å². The number of carbonyl (C=O) groups is 2. The summed E-state index contributed by atoms with van der Waals surface area (Å²) in [5.74, 6) is -1.17. The van der Waals surface area contributed by atoms with Crippen LogP contribution >= 0.6 is 0 Å². The molecule has 0 aliphatic carbocycles. The first-order valence-electron chi connectivity index (χ1n) is 37.1. The van der Waals surface area contributed by atoms with Crippen LogP contribution < -0.4 is 5.32 Å². The Bertz CT molecular complexity index is 1480. The van der Waals surface area contributed by atoms with E-state index in [0.29, 0.717) is 19.3 Å². The Hall–Kier alpha value is -1.86. The van der Waals surface area contributed by atoms with Gasteiger partial charge in [-0.1, -0.05) is 340 Å². The number of allylic oxidation sites excluding steroid dienone is 3. The summed E-state index contributed by atoms with van der Waals surface area (Å²) in [7, 11) is 0. The second kappa shape index (κ2) is 62.3. The van der Waals surface area contributed by atoms with Gasteiger partial charge in [-0.25, -0.2) is 0 Å². The number of ether oxygens (including phenoxy) is 3. The second-order valence-corrected chi connectivity index (χ2v) is 26.0. The summed E-state index contributed by atoms with van der Waals surface area (Å²) in [6.45, 7) is 5.86. The molecule has 1 aliphatic rings. The predicted octanol–water partition coefficient (Wildman–Crippen LogP) is 19.2. The number of unbranched alkanes of at least 4 members (excludes halogenated alkanes) is 49. The maximum absolute atomic E-state index is 13.5. The second-order valence-electron chi connectivity index (χ2n) is 26.0. The molecular weight excluding hydrogens is 1060 g/mol. The van der Waals surface area contributed by atoms with E-state index in [0.717, 1.165) is 57.8 Å². The third-order valence-corrected chi connectivity index (χ3v) is 17.9. The zero-order chi connectivity index (χ0) is 61.7. The maximum Gasteiger partial charge on any atom is 0.306 e. The van der Waals surface area contributed by atoms with E-state index in [1.54, 1.807) is 6.08 Å². The normalized spacial score (nSPS) is 18.4. The van der Waals surface area contributed by atoms with Crippen molar-refractivity contribution < 1.29 is 49.3 Å². The van der Waals surface area contributed by atoms with E-state index in [9.17, 15) is 35.1 Å². The van der Waals surface area contributed by atoms with Crippen LogP contribution in [0.25, 0.3) is 0 Å². The number of aliphatic hydroxyl groups is 5. The van der Waals surface area contributed by atoms with Gasteiger partial charge in [-0.15, -0.1) is 0 Å². The summed E-state index contributed by atoms with van der Waals surface area (Å²) < 4.78 is 17.7. The molecule has 0 aromatic carbocycles. The largest absolute Gasteiger partial charge is 0.454 e. The summed E-state index contributed by atoms with van der Waals surface area (Å²) in [5.41, 5.74) is 0. The molecule has 1 rings (SSSR count). The molecule has 1 heterocycles. The fourth-order valence-electron chi connectivity index (χ4n) is 12.0. The number of aliphatic hydroxyl groups excluding tert-OH is 5. The lowest BCUT2D eigenvalue weighted by molar-refractivity contribution is -0.305. The van der Waals surface area contributed by atoms with E-state index in [1.807, 2.05) is 6.08 Å². The third-order valence-electron chi connectivity index (χ3n) is 17.9. The fourth-order valence-corrected chi connectivity index (χ4v) is 12.0. The van der Waals surface area contributed by atoms with Gasteiger partial charge in [-0.3, -0.25) is 9.59 Å². The average Bonchev–Trinajstić information content (AvgIpc) is 2.48. The molecule has 502 valence electrons. The van der Waals surface area contributed by atoms with Gasteiger partial charge in [0.2, 0.25) is 5.91 Å². The highest BCUT2D eigenvalue weighted by Gasteiger charge is 2.47. The highest BCUT2D eigenvalue weighted by molar-refractivity contribution is 5.80. The van der Waals surface area contributed by atoms with E-state index < -0.39 is 67.4 Å². The van der Waals surface area contributed by atoms with Crippen LogP contribution in [0.2, 0.25) is 0 Å². The van der Waals surface area contributed by atoms with Gasteiger partial charge in [-0.2, -0.15) is 0 Å². The first-order valence-corrected chi connectivity index (χ1v) is 37.1. The number of esters is 1. The van der Waals surface area contributed by atoms with Crippen LogP contribution in [0.4, 0.5) is 0 Å². The molecule has 1 fully saturated rings. The van der Waals surface area contributed by atoms with E-state index in [4.69, 9.17) is 14.2 Å². The molecule has 11 nitrogen and oxygen atoms in total. The number of hydrogen-bond donors (Lipinski definition) is 6. The Labute approximate surface area is 524 Å². The fraction of sp³-hybridized carbons (Fsp3) is 0.919. The van der Waals surface area contributed by atoms with E-state index in [1.165, 1.54) is 270 Å². The standard InChI is InChI=1S/C74H141NO10/c1-4-7-10-13-16-19-22-25-27-29-31-33-35-36-38-40-43-46-49-52-55-58-61-67(78)73(82)75-65(66(77)60-57-54-51-48-45-42-24-21-18-15-12-9-6-3)64-83-74-72(71(81)70(80)68(63-76)84-74)85-69(79)62-59-56-53-50-47-44-41-39-37-34-32-30-28-26-23-20-17-14-11-8-5-2/h26,28,57,60,65-68,70-72,74,76-78,80-81H,4-25,27,29-56,58-59,61-64H2,1-3H3,(H,75,82)/b28-26+,60-57+. The number of hydrogen-bond acceptors (Lipinski definition) is 10. The van der Waals surface area contributed by atoms with E-state index >= 15 is 0 Å². The van der Waals surface area contributed by atoms with Gasteiger partial charge in [0.1, 0.15) is 24.4 Å². The molecule has 0 bridgehead atoms. The predicted molar refractivity (Wildman–Crippen MR) is 357 cm³/mol. The molecule has 0 spiro atoms. The van der Waals surface area contributed by atoms with E-state index in [2.05, 4.69) is 38.2 Å². The molecule has 85 heavy (non-hydrogen) atoms. The highest BCUT2D eigenvalue weighted by atomic mass is 16.7. The molecule has 1 saturated heterocycles. The van der Waals surface area contributed by atoms with Gasteiger partial charge in [0.05, 0.1) is 25.4 Å². The highest BCUT2D eigenvalue weighted by Crippen LogP contribution is 2.27. The maximum atomic E-state index is 13.5. The van der Waals surface area contributed by atoms with Crippen molar-refractivity contribution in [2.45, 2.75) is 423 Å². The molecule has 0 radical (unpaired) electrons. The zero-order valence-electron chi connectivity index (χ0n) is 56.0. The molecule has 11 heteroatoms.